The van der Waals surface area contributed by atoms with Crippen LogP contribution in [0.4, 0.5) is 5.82 Å². The molecule has 0 radical (unpaired) electrons. The Labute approximate surface area is 111 Å². The number of anilines is 1. The molecule has 6 nitrogen and oxygen atoms in total. The van der Waals surface area contributed by atoms with E-state index in [9.17, 15) is 4.79 Å². The van der Waals surface area contributed by atoms with E-state index in [1.54, 1.807) is 4.52 Å². The van der Waals surface area contributed by atoms with Gasteiger partial charge in [-0.1, -0.05) is 0 Å². The van der Waals surface area contributed by atoms with Crippen molar-refractivity contribution < 1.29 is 9.90 Å². The third-order valence-electron chi connectivity index (χ3n) is 3.14. The molecule has 0 aromatic carbocycles. The number of fused-ring (bicyclic) bond motifs is 1. The molecule has 0 fully saturated rings. The summed E-state index contributed by atoms with van der Waals surface area (Å²) in [4.78, 5) is 17.1. The van der Waals surface area contributed by atoms with Gasteiger partial charge in [0.2, 0.25) is 0 Å². The van der Waals surface area contributed by atoms with Crippen molar-refractivity contribution in [3.8, 4) is 0 Å². The molecule has 2 aromatic heterocycles. The largest absolute Gasteiger partial charge is 0.481 e. The predicted molar refractivity (Wildman–Crippen MR) is 72.5 cm³/mol. The van der Waals surface area contributed by atoms with Gasteiger partial charge in [0.1, 0.15) is 12.1 Å². The zero-order chi connectivity index (χ0) is 14.0. The molecule has 2 heterocycles. The highest BCUT2D eigenvalue weighted by Crippen LogP contribution is 2.21. The molecule has 102 valence electrons. The maximum atomic E-state index is 10.9. The Morgan fingerprint density at radius 1 is 1.53 bits per heavy atom. The van der Waals surface area contributed by atoms with Crippen molar-refractivity contribution in [2.75, 3.05) is 11.4 Å². The first-order chi connectivity index (χ1) is 9.02. The van der Waals surface area contributed by atoms with Crippen LogP contribution in [0.3, 0.4) is 0 Å². The number of aliphatic carboxylic acids is 1. The summed E-state index contributed by atoms with van der Waals surface area (Å²) < 4.78 is 1.74. The lowest BCUT2D eigenvalue weighted by molar-refractivity contribution is -0.137. The van der Waals surface area contributed by atoms with E-state index < -0.39 is 5.97 Å². The van der Waals surface area contributed by atoms with Gasteiger partial charge in [0, 0.05) is 12.6 Å². The Morgan fingerprint density at radius 3 is 2.89 bits per heavy atom. The number of aromatic nitrogens is 3. The standard InChI is InChI=1S/C13H18N4O2/c1-4-16(10(3)7-13(18)19)12-6-9(2)5-11-14-8-15-17(11)12/h5-6,8,10H,4,7H2,1-3H3,(H,18,19). The molecule has 1 atom stereocenters. The molecule has 6 heteroatoms. The molecule has 1 N–H and O–H groups in total. The van der Waals surface area contributed by atoms with Crippen LogP contribution in [-0.2, 0) is 4.79 Å². The van der Waals surface area contributed by atoms with Gasteiger partial charge in [0.05, 0.1) is 6.42 Å². The Bertz CT molecular complexity index is 593. The normalized spacial score (nSPS) is 12.6. The molecule has 0 saturated carbocycles. The number of pyridine rings is 1. The highest BCUT2D eigenvalue weighted by atomic mass is 16.4. The molecule has 0 aliphatic carbocycles. The summed E-state index contributed by atoms with van der Waals surface area (Å²) in [6.45, 7) is 6.62. The second-order valence-corrected chi connectivity index (χ2v) is 4.65. The summed E-state index contributed by atoms with van der Waals surface area (Å²) in [6, 6.07) is 3.85. The Hall–Kier alpha value is -2.11. The van der Waals surface area contributed by atoms with Crippen LogP contribution in [0.5, 0.6) is 0 Å². The first-order valence-electron chi connectivity index (χ1n) is 6.31. The molecule has 0 aliphatic heterocycles. The summed E-state index contributed by atoms with van der Waals surface area (Å²) in [6.07, 6.45) is 1.60. The van der Waals surface area contributed by atoms with Crippen molar-refractivity contribution in [3.05, 3.63) is 24.0 Å². The van der Waals surface area contributed by atoms with Crippen molar-refractivity contribution in [1.82, 2.24) is 14.6 Å². The van der Waals surface area contributed by atoms with Crippen molar-refractivity contribution in [1.29, 1.82) is 0 Å². The minimum Gasteiger partial charge on any atom is -0.481 e. The molecule has 2 aromatic rings. The minimum absolute atomic E-state index is 0.0952. The molecule has 0 spiro atoms. The molecular formula is C13H18N4O2. The van der Waals surface area contributed by atoms with Gasteiger partial charge in [-0.15, -0.1) is 0 Å². The van der Waals surface area contributed by atoms with Crippen LogP contribution in [0.15, 0.2) is 18.5 Å². The molecule has 1 unspecified atom stereocenters. The first-order valence-corrected chi connectivity index (χ1v) is 6.31. The zero-order valence-electron chi connectivity index (χ0n) is 11.4. The van der Waals surface area contributed by atoms with Gasteiger partial charge in [0.15, 0.2) is 5.65 Å². The van der Waals surface area contributed by atoms with E-state index in [1.165, 1.54) is 6.33 Å². The fraction of sp³-hybridized carbons (Fsp3) is 0.462. The second-order valence-electron chi connectivity index (χ2n) is 4.65. The maximum Gasteiger partial charge on any atom is 0.305 e. The lowest BCUT2D eigenvalue weighted by Gasteiger charge is -2.29. The Balaban J connectivity index is 2.45. The summed E-state index contributed by atoms with van der Waals surface area (Å²) in [5.74, 6) is 0.0807. The smallest absolute Gasteiger partial charge is 0.305 e. The number of hydrogen-bond donors (Lipinski definition) is 1. The predicted octanol–water partition coefficient (Wildman–Crippen LogP) is 1.73. The maximum absolute atomic E-state index is 10.9. The van der Waals surface area contributed by atoms with Crippen molar-refractivity contribution in [2.45, 2.75) is 33.2 Å². The average Bonchev–Trinajstić information content (AvgIpc) is 2.76. The van der Waals surface area contributed by atoms with Crippen molar-refractivity contribution >= 4 is 17.4 Å². The van der Waals surface area contributed by atoms with Crippen LogP contribution in [0.25, 0.3) is 5.65 Å². The fourth-order valence-corrected chi connectivity index (χ4v) is 2.30. The quantitative estimate of drug-likeness (QED) is 0.888. The summed E-state index contributed by atoms with van der Waals surface area (Å²) >= 11 is 0. The first kappa shape index (κ1) is 13.3. The number of carboxylic acids is 1. The molecule has 0 bridgehead atoms. The minimum atomic E-state index is -0.798. The van der Waals surface area contributed by atoms with E-state index in [2.05, 4.69) is 10.1 Å². The highest BCUT2D eigenvalue weighted by Gasteiger charge is 2.19. The van der Waals surface area contributed by atoms with Crippen LogP contribution in [0.1, 0.15) is 25.8 Å². The van der Waals surface area contributed by atoms with Crippen LogP contribution in [0.2, 0.25) is 0 Å². The molecule has 0 saturated heterocycles. The summed E-state index contributed by atoms with van der Waals surface area (Å²) in [7, 11) is 0. The zero-order valence-corrected chi connectivity index (χ0v) is 11.4. The number of carbonyl (C=O) groups is 1. The monoisotopic (exact) mass is 262 g/mol. The highest BCUT2D eigenvalue weighted by molar-refractivity contribution is 5.68. The van der Waals surface area contributed by atoms with Gasteiger partial charge in [-0.05, 0) is 38.5 Å². The van der Waals surface area contributed by atoms with Gasteiger partial charge in [0.25, 0.3) is 0 Å². The average molecular weight is 262 g/mol. The topological polar surface area (TPSA) is 70.7 Å². The Morgan fingerprint density at radius 2 is 2.26 bits per heavy atom. The van der Waals surface area contributed by atoms with Gasteiger partial charge in [-0.25, -0.2) is 4.98 Å². The molecule has 19 heavy (non-hydrogen) atoms. The van der Waals surface area contributed by atoms with Gasteiger partial charge < -0.3 is 10.0 Å². The van der Waals surface area contributed by atoms with E-state index in [1.807, 2.05) is 37.8 Å². The van der Waals surface area contributed by atoms with E-state index in [0.717, 1.165) is 17.0 Å². The number of carboxylic acid groups (broad SMARTS) is 1. The Kier molecular flexibility index (Phi) is 3.69. The van der Waals surface area contributed by atoms with Crippen LogP contribution in [-0.4, -0.2) is 38.3 Å². The lowest BCUT2D eigenvalue weighted by atomic mass is 10.2. The van der Waals surface area contributed by atoms with E-state index in [4.69, 9.17) is 5.11 Å². The summed E-state index contributed by atoms with van der Waals surface area (Å²) in [5.41, 5.74) is 1.85. The van der Waals surface area contributed by atoms with Crippen LogP contribution >= 0.6 is 0 Å². The lowest BCUT2D eigenvalue weighted by Crippen LogP contribution is -2.36. The van der Waals surface area contributed by atoms with Gasteiger partial charge in [-0.2, -0.15) is 9.61 Å². The van der Waals surface area contributed by atoms with E-state index in [-0.39, 0.29) is 12.5 Å². The fourth-order valence-electron chi connectivity index (χ4n) is 2.30. The van der Waals surface area contributed by atoms with Crippen LogP contribution in [0, 0.1) is 6.92 Å². The van der Waals surface area contributed by atoms with E-state index in [0.29, 0.717) is 6.54 Å². The van der Waals surface area contributed by atoms with Crippen LogP contribution < -0.4 is 4.90 Å². The second kappa shape index (κ2) is 5.26. The number of nitrogens with zero attached hydrogens (tertiary/aromatic N) is 4. The number of rotatable bonds is 5. The van der Waals surface area contributed by atoms with Gasteiger partial charge >= 0.3 is 5.97 Å². The van der Waals surface area contributed by atoms with Gasteiger partial charge in [-0.3, -0.25) is 4.79 Å². The molecule has 0 amide bonds. The van der Waals surface area contributed by atoms with E-state index >= 15 is 0 Å². The van der Waals surface area contributed by atoms with Crippen molar-refractivity contribution in [2.24, 2.45) is 0 Å². The third kappa shape index (κ3) is 2.67. The number of hydrogen-bond acceptors (Lipinski definition) is 4. The third-order valence-corrected chi connectivity index (χ3v) is 3.14. The molecule has 2 rings (SSSR count). The molecular weight excluding hydrogens is 244 g/mol. The van der Waals surface area contributed by atoms with Crippen molar-refractivity contribution in [3.63, 3.8) is 0 Å². The summed E-state index contributed by atoms with van der Waals surface area (Å²) in [5, 5.41) is 13.1. The molecule has 0 aliphatic rings. The SMILES string of the molecule is CCN(c1cc(C)cc2ncnn12)C(C)CC(=O)O. The number of aryl methyl sites for hydroxylation is 1.